The second kappa shape index (κ2) is 8.86. The van der Waals surface area contributed by atoms with E-state index in [2.05, 4.69) is 4.90 Å². The molecule has 5 nitrogen and oxygen atoms in total. The Morgan fingerprint density at radius 1 is 1.11 bits per heavy atom. The molecule has 0 aromatic heterocycles. The van der Waals surface area contributed by atoms with Crippen molar-refractivity contribution in [3.05, 3.63) is 59.9 Å². The Morgan fingerprint density at radius 2 is 1.81 bits per heavy atom. The largest absolute Gasteiger partial charge is 0.497 e. The van der Waals surface area contributed by atoms with Crippen LogP contribution >= 0.6 is 0 Å². The summed E-state index contributed by atoms with van der Waals surface area (Å²) in [6.07, 6.45) is 0. The molecule has 0 atom stereocenters. The summed E-state index contributed by atoms with van der Waals surface area (Å²) in [6.45, 7) is 3.92. The van der Waals surface area contributed by atoms with Gasteiger partial charge in [-0.3, -0.25) is 9.69 Å². The summed E-state index contributed by atoms with van der Waals surface area (Å²) in [5.74, 6) is 0.707. The van der Waals surface area contributed by atoms with Crippen LogP contribution in [0.3, 0.4) is 0 Å². The van der Waals surface area contributed by atoms with Crippen LogP contribution in [0.1, 0.15) is 5.56 Å². The van der Waals surface area contributed by atoms with Crippen molar-refractivity contribution in [3.63, 3.8) is 0 Å². The van der Waals surface area contributed by atoms with Gasteiger partial charge >= 0.3 is 0 Å². The Kier molecular flexibility index (Phi) is 6.29. The van der Waals surface area contributed by atoms with Gasteiger partial charge in [0.25, 0.3) is 0 Å². The summed E-state index contributed by atoms with van der Waals surface area (Å²) in [6, 6.07) is 14.5. The molecule has 0 spiro atoms. The highest BCUT2D eigenvalue weighted by Gasteiger charge is 2.22. The Balaban J connectivity index is 1.47. The molecule has 6 heteroatoms. The van der Waals surface area contributed by atoms with Crippen molar-refractivity contribution in [2.45, 2.75) is 6.54 Å². The number of benzene rings is 2. The van der Waals surface area contributed by atoms with Crippen molar-refractivity contribution in [1.82, 2.24) is 9.80 Å². The molecule has 0 radical (unpaired) electrons. The van der Waals surface area contributed by atoms with Gasteiger partial charge in [-0.2, -0.15) is 0 Å². The summed E-state index contributed by atoms with van der Waals surface area (Å²) in [7, 11) is 3.54. The van der Waals surface area contributed by atoms with Gasteiger partial charge in [0.15, 0.2) is 0 Å². The Bertz CT molecular complexity index is 758. The first-order valence-electron chi connectivity index (χ1n) is 9.15. The van der Waals surface area contributed by atoms with Crippen LogP contribution in [0.2, 0.25) is 0 Å². The summed E-state index contributed by atoms with van der Waals surface area (Å²) in [5, 5.41) is 0. The van der Waals surface area contributed by atoms with Crippen molar-refractivity contribution >= 4 is 11.6 Å². The van der Waals surface area contributed by atoms with Gasteiger partial charge in [-0.15, -0.1) is 0 Å². The fraction of sp³-hybridized carbons (Fsp3) is 0.381. The number of carbonyl (C=O) groups is 1. The standard InChI is InChI=1S/C21H26FN3O2/c1-23(15-17-4-3-5-18(22)14-17)16-21(26)25-12-10-24(11-13-25)19-6-8-20(27-2)9-7-19/h3-9,14H,10-13,15-16H2,1-2H3. The van der Waals surface area contributed by atoms with E-state index < -0.39 is 0 Å². The predicted octanol–water partition coefficient (Wildman–Crippen LogP) is 2.61. The first-order valence-corrected chi connectivity index (χ1v) is 9.15. The van der Waals surface area contributed by atoms with E-state index >= 15 is 0 Å². The van der Waals surface area contributed by atoms with Gasteiger partial charge in [0, 0.05) is 38.4 Å². The number of amides is 1. The topological polar surface area (TPSA) is 36.0 Å². The number of anilines is 1. The molecule has 0 saturated carbocycles. The van der Waals surface area contributed by atoms with Crippen molar-refractivity contribution in [3.8, 4) is 5.75 Å². The highest BCUT2D eigenvalue weighted by molar-refractivity contribution is 5.78. The van der Waals surface area contributed by atoms with E-state index in [4.69, 9.17) is 4.74 Å². The maximum atomic E-state index is 13.3. The minimum Gasteiger partial charge on any atom is -0.497 e. The van der Waals surface area contributed by atoms with E-state index in [-0.39, 0.29) is 11.7 Å². The average Bonchev–Trinajstić information content (AvgIpc) is 2.68. The van der Waals surface area contributed by atoms with Crippen LogP contribution in [-0.4, -0.2) is 62.6 Å². The number of hydrogen-bond acceptors (Lipinski definition) is 4. The average molecular weight is 371 g/mol. The minimum atomic E-state index is -0.248. The number of methoxy groups -OCH3 is 1. The van der Waals surface area contributed by atoms with Crippen LogP contribution in [0.4, 0.5) is 10.1 Å². The molecule has 2 aromatic rings. The monoisotopic (exact) mass is 371 g/mol. The molecule has 1 aliphatic heterocycles. The molecule has 0 unspecified atom stereocenters. The third-order valence-electron chi connectivity index (χ3n) is 4.82. The van der Waals surface area contributed by atoms with Crippen LogP contribution in [0.25, 0.3) is 0 Å². The van der Waals surface area contributed by atoms with E-state index in [0.29, 0.717) is 26.2 Å². The molecule has 3 rings (SSSR count). The maximum absolute atomic E-state index is 13.3. The van der Waals surface area contributed by atoms with E-state index in [9.17, 15) is 9.18 Å². The van der Waals surface area contributed by atoms with Crippen molar-refractivity contribution in [1.29, 1.82) is 0 Å². The van der Waals surface area contributed by atoms with Crippen LogP contribution in [0.15, 0.2) is 48.5 Å². The number of rotatable bonds is 6. The zero-order chi connectivity index (χ0) is 19.2. The molecule has 0 aliphatic carbocycles. The minimum absolute atomic E-state index is 0.114. The van der Waals surface area contributed by atoms with Crippen LogP contribution in [0, 0.1) is 5.82 Å². The fourth-order valence-electron chi connectivity index (χ4n) is 3.34. The lowest BCUT2D eigenvalue weighted by molar-refractivity contribution is -0.132. The normalized spacial score (nSPS) is 14.5. The molecule has 1 amide bonds. The molecule has 0 N–H and O–H groups in total. The smallest absolute Gasteiger partial charge is 0.236 e. The second-order valence-electron chi connectivity index (χ2n) is 6.87. The van der Waals surface area contributed by atoms with Crippen molar-refractivity contribution in [2.24, 2.45) is 0 Å². The SMILES string of the molecule is COc1ccc(N2CCN(C(=O)CN(C)Cc3cccc(F)c3)CC2)cc1. The molecule has 1 saturated heterocycles. The molecule has 1 heterocycles. The second-order valence-corrected chi connectivity index (χ2v) is 6.87. The lowest BCUT2D eigenvalue weighted by atomic mass is 10.2. The van der Waals surface area contributed by atoms with Crippen LogP contribution in [0.5, 0.6) is 5.75 Å². The van der Waals surface area contributed by atoms with Gasteiger partial charge < -0.3 is 14.5 Å². The maximum Gasteiger partial charge on any atom is 0.236 e. The van der Waals surface area contributed by atoms with Gasteiger partial charge in [-0.25, -0.2) is 4.39 Å². The summed E-state index contributed by atoms with van der Waals surface area (Å²) in [5.41, 5.74) is 2.01. The van der Waals surface area contributed by atoms with E-state index in [1.54, 1.807) is 13.2 Å². The third-order valence-corrected chi connectivity index (χ3v) is 4.82. The van der Waals surface area contributed by atoms with E-state index in [1.807, 2.05) is 47.2 Å². The Morgan fingerprint density at radius 3 is 2.44 bits per heavy atom. The number of piperazine rings is 1. The molecule has 1 fully saturated rings. The van der Waals surface area contributed by atoms with Crippen molar-refractivity contribution in [2.75, 3.05) is 51.8 Å². The number of ether oxygens (including phenoxy) is 1. The number of hydrogen-bond donors (Lipinski definition) is 0. The number of nitrogens with zero attached hydrogens (tertiary/aromatic N) is 3. The van der Waals surface area contributed by atoms with Gasteiger partial charge in [0.2, 0.25) is 5.91 Å². The summed E-state index contributed by atoms with van der Waals surface area (Å²) < 4.78 is 18.5. The number of halogens is 1. The van der Waals surface area contributed by atoms with Gasteiger partial charge in [-0.1, -0.05) is 12.1 Å². The molecule has 0 bridgehead atoms. The number of carbonyl (C=O) groups excluding carboxylic acids is 1. The van der Waals surface area contributed by atoms with Crippen molar-refractivity contribution < 1.29 is 13.9 Å². The highest BCUT2D eigenvalue weighted by atomic mass is 19.1. The first-order chi connectivity index (χ1) is 13.0. The summed E-state index contributed by atoms with van der Waals surface area (Å²) in [4.78, 5) is 18.7. The molecule has 27 heavy (non-hydrogen) atoms. The number of likely N-dealkylation sites (N-methyl/N-ethyl adjacent to an activating group) is 1. The fourth-order valence-corrected chi connectivity index (χ4v) is 3.34. The lowest BCUT2D eigenvalue weighted by Crippen LogP contribution is -2.51. The van der Waals surface area contributed by atoms with E-state index in [0.717, 1.165) is 30.1 Å². The van der Waals surface area contributed by atoms with Crippen LogP contribution < -0.4 is 9.64 Å². The zero-order valence-electron chi connectivity index (χ0n) is 15.9. The molecule has 1 aliphatic rings. The molecular formula is C21H26FN3O2. The molecular weight excluding hydrogens is 345 g/mol. The molecule has 2 aromatic carbocycles. The first kappa shape index (κ1) is 19.2. The van der Waals surface area contributed by atoms with Gasteiger partial charge in [-0.05, 0) is 49.0 Å². The third kappa shape index (κ3) is 5.20. The summed E-state index contributed by atoms with van der Waals surface area (Å²) >= 11 is 0. The highest BCUT2D eigenvalue weighted by Crippen LogP contribution is 2.20. The quantitative estimate of drug-likeness (QED) is 0.782. The van der Waals surface area contributed by atoms with Gasteiger partial charge in [0.1, 0.15) is 11.6 Å². The molecule has 144 valence electrons. The zero-order valence-corrected chi connectivity index (χ0v) is 15.9. The lowest BCUT2D eigenvalue weighted by Gasteiger charge is -2.36. The van der Waals surface area contributed by atoms with Gasteiger partial charge in [0.05, 0.1) is 13.7 Å². The Hall–Kier alpha value is -2.60. The van der Waals surface area contributed by atoms with E-state index in [1.165, 1.54) is 12.1 Å². The predicted molar refractivity (Wildman–Crippen MR) is 105 cm³/mol. The Labute approximate surface area is 159 Å². The van der Waals surface area contributed by atoms with Crippen LogP contribution in [-0.2, 0) is 11.3 Å².